The van der Waals surface area contributed by atoms with Gasteiger partial charge in [-0.3, -0.25) is 4.90 Å². The van der Waals surface area contributed by atoms with Crippen LogP contribution in [0.1, 0.15) is 11.8 Å². The minimum atomic E-state index is 0.0925. The molecule has 0 amide bonds. The average Bonchev–Trinajstić information content (AvgIpc) is 2.75. The highest BCUT2D eigenvalue weighted by molar-refractivity contribution is 9.10. The SMILES string of the molecule is CCN1CCOC(C(N)Cc2cc(Br)cs2)C1. The van der Waals surface area contributed by atoms with Crippen LogP contribution in [0.15, 0.2) is 15.9 Å². The van der Waals surface area contributed by atoms with Gasteiger partial charge in [0.1, 0.15) is 0 Å². The van der Waals surface area contributed by atoms with Gasteiger partial charge in [-0.25, -0.2) is 0 Å². The molecule has 2 rings (SSSR count). The van der Waals surface area contributed by atoms with Crippen LogP contribution in [-0.2, 0) is 11.2 Å². The van der Waals surface area contributed by atoms with Gasteiger partial charge in [-0.2, -0.15) is 0 Å². The highest BCUT2D eigenvalue weighted by Gasteiger charge is 2.25. The van der Waals surface area contributed by atoms with Crippen LogP contribution in [0.25, 0.3) is 0 Å². The summed E-state index contributed by atoms with van der Waals surface area (Å²) in [6.07, 6.45) is 1.07. The summed E-state index contributed by atoms with van der Waals surface area (Å²) in [6.45, 7) is 6.07. The quantitative estimate of drug-likeness (QED) is 0.924. The fourth-order valence-corrected chi connectivity index (χ4v) is 3.63. The van der Waals surface area contributed by atoms with Gasteiger partial charge < -0.3 is 10.5 Å². The molecule has 0 spiro atoms. The highest BCUT2D eigenvalue weighted by atomic mass is 79.9. The van der Waals surface area contributed by atoms with Crippen LogP contribution in [0.5, 0.6) is 0 Å². The van der Waals surface area contributed by atoms with Crippen LogP contribution in [0.4, 0.5) is 0 Å². The van der Waals surface area contributed by atoms with Crippen molar-refractivity contribution in [1.29, 1.82) is 0 Å². The largest absolute Gasteiger partial charge is 0.374 e. The molecule has 3 nitrogen and oxygen atoms in total. The zero-order valence-electron chi connectivity index (χ0n) is 10.1. The Kier molecular flexibility index (Phi) is 4.99. The van der Waals surface area contributed by atoms with Crippen LogP contribution < -0.4 is 5.73 Å². The van der Waals surface area contributed by atoms with Crippen molar-refractivity contribution in [2.45, 2.75) is 25.5 Å². The van der Waals surface area contributed by atoms with E-state index in [2.05, 4.69) is 39.2 Å². The maximum absolute atomic E-state index is 6.25. The molecule has 5 heteroatoms. The van der Waals surface area contributed by atoms with Crippen molar-refractivity contribution in [3.05, 3.63) is 20.8 Å². The zero-order chi connectivity index (χ0) is 12.3. The number of rotatable bonds is 4. The van der Waals surface area contributed by atoms with E-state index in [1.54, 1.807) is 11.3 Å². The summed E-state index contributed by atoms with van der Waals surface area (Å²) in [5.74, 6) is 0. The molecule has 2 heterocycles. The van der Waals surface area contributed by atoms with E-state index >= 15 is 0 Å². The lowest BCUT2D eigenvalue weighted by Crippen LogP contribution is -2.51. The van der Waals surface area contributed by atoms with E-state index in [0.29, 0.717) is 0 Å². The second-order valence-electron chi connectivity index (χ2n) is 4.40. The van der Waals surface area contributed by atoms with Crippen molar-refractivity contribution in [2.75, 3.05) is 26.2 Å². The molecule has 2 atom stereocenters. The van der Waals surface area contributed by atoms with Crippen molar-refractivity contribution >= 4 is 27.3 Å². The molecule has 96 valence electrons. The number of likely N-dealkylation sites (N-methyl/N-ethyl adjacent to an activating group) is 1. The van der Waals surface area contributed by atoms with Crippen LogP contribution in [-0.4, -0.2) is 43.3 Å². The van der Waals surface area contributed by atoms with E-state index in [4.69, 9.17) is 10.5 Å². The minimum absolute atomic E-state index is 0.0925. The predicted octanol–water partition coefficient (Wildman–Crippen LogP) is 2.10. The van der Waals surface area contributed by atoms with Gasteiger partial charge in [-0.1, -0.05) is 6.92 Å². The summed E-state index contributed by atoms with van der Waals surface area (Å²) in [6, 6.07) is 2.24. The van der Waals surface area contributed by atoms with Gasteiger partial charge in [0.2, 0.25) is 0 Å². The number of nitrogens with zero attached hydrogens (tertiary/aromatic N) is 1. The molecule has 1 aliphatic heterocycles. The maximum Gasteiger partial charge on any atom is 0.0856 e. The molecule has 1 fully saturated rings. The predicted molar refractivity (Wildman–Crippen MR) is 75.6 cm³/mol. The fraction of sp³-hybridized carbons (Fsp3) is 0.667. The van der Waals surface area contributed by atoms with E-state index in [0.717, 1.165) is 37.1 Å². The topological polar surface area (TPSA) is 38.5 Å². The van der Waals surface area contributed by atoms with Crippen molar-refractivity contribution in [1.82, 2.24) is 4.90 Å². The summed E-state index contributed by atoms with van der Waals surface area (Å²) in [4.78, 5) is 3.72. The maximum atomic E-state index is 6.25. The molecule has 2 N–H and O–H groups in total. The Hall–Kier alpha value is 0.0600. The molecule has 17 heavy (non-hydrogen) atoms. The number of morpholine rings is 1. The lowest BCUT2D eigenvalue weighted by Gasteiger charge is -2.35. The fourth-order valence-electron chi connectivity index (χ4n) is 2.10. The lowest BCUT2D eigenvalue weighted by atomic mass is 10.1. The Labute approximate surface area is 115 Å². The number of halogens is 1. The Balaban J connectivity index is 1.88. The number of hydrogen-bond acceptors (Lipinski definition) is 4. The molecule has 1 aromatic heterocycles. The van der Waals surface area contributed by atoms with E-state index in [9.17, 15) is 0 Å². The van der Waals surface area contributed by atoms with Crippen LogP contribution in [0.3, 0.4) is 0 Å². The summed E-state index contributed by atoms with van der Waals surface area (Å²) in [5, 5.41) is 2.10. The second-order valence-corrected chi connectivity index (χ2v) is 6.31. The van der Waals surface area contributed by atoms with Crippen molar-refractivity contribution in [3.8, 4) is 0 Å². The zero-order valence-corrected chi connectivity index (χ0v) is 12.5. The van der Waals surface area contributed by atoms with Crippen molar-refractivity contribution < 1.29 is 4.74 Å². The summed E-state index contributed by atoms with van der Waals surface area (Å²) in [7, 11) is 0. The Bertz CT molecular complexity index is 358. The summed E-state index contributed by atoms with van der Waals surface area (Å²) >= 11 is 5.22. The minimum Gasteiger partial charge on any atom is -0.374 e. The number of thiophene rings is 1. The molecule has 0 saturated carbocycles. The first kappa shape index (κ1) is 13.5. The molecule has 0 aliphatic carbocycles. The van der Waals surface area contributed by atoms with Gasteiger partial charge in [-0.05, 0) is 35.0 Å². The normalized spacial score (nSPS) is 23.8. The van der Waals surface area contributed by atoms with Crippen molar-refractivity contribution in [2.24, 2.45) is 5.73 Å². The third kappa shape index (κ3) is 3.76. The molecule has 1 aliphatic rings. The van der Waals surface area contributed by atoms with Gasteiger partial charge >= 0.3 is 0 Å². The van der Waals surface area contributed by atoms with E-state index in [1.807, 2.05) is 0 Å². The lowest BCUT2D eigenvalue weighted by molar-refractivity contribution is -0.0384. The molecule has 0 bridgehead atoms. The number of ether oxygens (including phenoxy) is 1. The second kappa shape index (κ2) is 6.29. The smallest absolute Gasteiger partial charge is 0.0856 e. The molecule has 2 unspecified atom stereocenters. The van der Waals surface area contributed by atoms with E-state index in [1.165, 1.54) is 4.88 Å². The third-order valence-electron chi connectivity index (χ3n) is 3.16. The summed E-state index contributed by atoms with van der Waals surface area (Å²) in [5.41, 5.74) is 6.25. The van der Waals surface area contributed by atoms with Gasteiger partial charge in [0.05, 0.1) is 12.7 Å². The van der Waals surface area contributed by atoms with Crippen LogP contribution >= 0.6 is 27.3 Å². The average molecular weight is 319 g/mol. The molecular weight excluding hydrogens is 300 g/mol. The van der Waals surface area contributed by atoms with Crippen molar-refractivity contribution in [3.63, 3.8) is 0 Å². The third-order valence-corrected chi connectivity index (χ3v) is 4.88. The van der Waals surface area contributed by atoms with Gasteiger partial charge in [0.15, 0.2) is 0 Å². The molecule has 0 aromatic carbocycles. The van der Waals surface area contributed by atoms with E-state index < -0.39 is 0 Å². The van der Waals surface area contributed by atoms with Gasteiger partial charge in [0.25, 0.3) is 0 Å². The number of hydrogen-bond donors (Lipinski definition) is 1. The Morgan fingerprint density at radius 1 is 1.71 bits per heavy atom. The molecule has 1 saturated heterocycles. The molecular formula is C12H19BrN2OS. The Morgan fingerprint density at radius 2 is 2.53 bits per heavy atom. The monoisotopic (exact) mass is 318 g/mol. The number of nitrogens with two attached hydrogens (primary N) is 1. The van der Waals surface area contributed by atoms with Gasteiger partial charge in [0, 0.05) is 33.9 Å². The first-order valence-electron chi connectivity index (χ1n) is 6.01. The highest BCUT2D eigenvalue weighted by Crippen LogP contribution is 2.22. The van der Waals surface area contributed by atoms with E-state index in [-0.39, 0.29) is 12.1 Å². The molecule has 0 radical (unpaired) electrons. The van der Waals surface area contributed by atoms with Gasteiger partial charge in [-0.15, -0.1) is 11.3 Å². The van der Waals surface area contributed by atoms with Crippen LogP contribution in [0, 0.1) is 0 Å². The first-order chi connectivity index (χ1) is 8.19. The summed E-state index contributed by atoms with van der Waals surface area (Å²) < 4.78 is 6.92. The van der Waals surface area contributed by atoms with Crippen LogP contribution in [0.2, 0.25) is 0 Å². The molecule has 1 aromatic rings. The Morgan fingerprint density at radius 3 is 3.18 bits per heavy atom. The first-order valence-corrected chi connectivity index (χ1v) is 7.68. The standard InChI is InChI=1S/C12H19BrN2OS/c1-2-15-3-4-16-12(7-15)11(14)6-10-5-9(13)8-17-10/h5,8,11-12H,2-4,6-7,14H2,1H3.